The first-order valence-electron chi connectivity index (χ1n) is 10.6. The second-order valence-electron chi connectivity index (χ2n) is 8.31. The molecular formula is C25H21N3O5. The standard InChI is InChI=1S/C25H21N3O5/c1-15-11-12-20(16(2)13-15)26-24(29)21-22(17-7-6-10-19(14-17)28(31)32)27(33-23(21)25(26)30)18-8-4-3-5-9-18/h3-14,21-23H,1-2H3/t21-,22+,23-/m1/s1. The zero-order chi connectivity index (χ0) is 23.3. The maximum atomic E-state index is 13.7. The van der Waals surface area contributed by atoms with E-state index in [-0.39, 0.29) is 11.6 Å². The van der Waals surface area contributed by atoms with Crippen LogP contribution >= 0.6 is 0 Å². The van der Waals surface area contributed by atoms with Gasteiger partial charge in [0.1, 0.15) is 5.92 Å². The monoisotopic (exact) mass is 443 g/mol. The van der Waals surface area contributed by atoms with Gasteiger partial charge in [-0.1, -0.05) is 48.0 Å². The molecule has 3 atom stereocenters. The molecule has 2 heterocycles. The van der Waals surface area contributed by atoms with Crippen LogP contribution in [0.1, 0.15) is 22.7 Å². The molecule has 0 N–H and O–H groups in total. The Morgan fingerprint density at radius 2 is 1.67 bits per heavy atom. The fourth-order valence-electron chi connectivity index (χ4n) is 4.67. The Morgan fingerprint density at radius 3 is 2.36 bits per heavy atom. The van der Waals surface area contributed by atoms with Crippen LogP contribution in [0.25, 0.3) is 0 Å². The fraction of sp³-hybridized carbons (Fsp3) is 0.200. The van der Waals surface area contributed by atoms with Crippen molar-refractivity contribution in [3.05, 3.63) is 99.6 Å². The van der Waals surface area contributed by atoms with E-state index in [1.807, 2.05) is 56.3 Å². The fourth-order valence-corrected chi connectivity index (χ4v) is 4.67. The summed E-state index contributed by atoms with van der Waals surface area (Å²) < 4.78 is 0. The van der Waals surface area contributed by atoms with Gasteiger partial charge in [0.25, 0.3) is 11.6 Å². The maximum Gasteiger partial charge on any atom is 0.269 e. The summed E-state index contributed by atoms with van der Waals surface area (Å²) in [5, 5.41) is 12.9. The lowest BCUT2D eigenvalue weighted by Crippen LogP contribution is -2.37. The molecule has 2 amide bonds. The summed E-state index contributed by atoms with van der Waals surface area (Å²) in [6.45, 7) is 3.80. The Morgan fingerprint density at radius 1 is 0.909 bits per heavy atom. The summed E-state index contributed by atoms with van der Waals surface area (Å²) in [5.74, 6) is -1.67. The SMILES string of the molecule is Cc1ccc(N2C(=O)[C@H]3[C@@H](ON(c4ccccc4)[C@H]3c3cccc([N+](=O)[O-])c3)C2=O)c(C)c1. The average molecular weight is 443 g/mol. The largest absolute Gasteiger partial charge is 0.273 e. The van der Waals surface area contributed by atoms with E-state index < -0.39 is 28.9 Å². The number of carbonyl (C=O) groups excluding carboxylic acids is 2. The molecule has 166 valence electrons. The van der Waals surface area contributed by atoms with Crippen molar-refractivity contribution < 1.29 is 19.3 Å². The van der Waals surface area contributed by atoms with Crippen LogP contribution in [0.3, 0.4) is 0 Å². The third-order valence-electron chi connectivity index (χ3n) is 6.14. The molecule has 8 nitrogen and oxygen atoms in total. The van der Waals surface area contributed by atoms with Crippen LogP contribution in [-0.2, 0) is 14.4 Å². The number of nitro benzene ring substituents is 1. The molecule has 3 aromatic carbocycles. The number of nitro groups is 1. The van der Waals surface area contributed by atoms with Gasteiger partial charge < -0.3 is 0 Å². The molecule has 5 rings (SSSR count). The number of aryl methyl sites for hydroxylation is 2. The molecule has 8 heteroatoms. The quantitative estimate of drug-likeness (QED) is 0.340. The van der Waals surface area contributed by atoms with Crippen LogP contribution in [0.2, 0.25) is 0 Å². The van der Waals surface area contributed by atoms with Crippen molar-refractivity contribution in [1.82, 2.24) is 0 Å². The van der Waals surface area contributed by atoms with Gasteiger partial charge in [-0.05, 0) is 43.2 Å². The molecule has 0 radical (unpaired) electrons. The number of amides is 2. The lowest BCUT2D eigenvalue weighted by atomic mass is 9.90. The first-order valence-corrected chi connectivity index (χ1v) is 10.6. The maximum absolute atomic E-state index is 13.7. The minimum absolute atomic E-state index is 0.0908. The second-order valence-corrected chi connectivity index (χ2v) is 8.31. The summed E-state index contributed by atoms with van der Waals surface area (Å²) in [4.78, 5) is 45.3. The van der Waals surface area contributed by atoms with Gasteiger partial charge in [0, 0.05) is 12.1 Å². The van der Waals surface area contributed by atoms with Crippen LogP contribution < -0.4 is 9.96 Å². The first-order chi connectivity index (χ1) is 15.9. The zero-order valence-electron chi connectivity index (χ0n) is 18.0. The predicted molar refractivity (Wildman–Crippen MR) is 122 cm³/mol. The molecule has 0 aromatic heterocycles. The number of hydrogen-bond donors (Lipinski definition) is 0. The van der Waals surface area contributed by atoms with E-state index in [1.54, 1.807) is 18.2 Å². The van der Waals surface area contributed by atoms with Crippen LogP contribution in [0.15, 0.2) is 72.8 Å². The number of imide groups is 1. The van der Waals surface area contributed by atoms with Gasteiger partial charge in [-0.3, -0.25) is 24.5 Å². The van der Waals surface area contributed by atoms with Crippen molar-refractivity contribution in [3.63, 3.8) is 0 Å². The van der Waals surface area contributed by atoms with Gasteiger partial charge in [0.15, 0.2) is 6.10 Å². The van der Waals surface area contributed by atoms with E-state index in [1.165, 1.54) is 22.1 Å². The number of anilines is 2. The molecule has 0 unspecified atom stereocenters. The van der Waals surface area contributed by atoms with Gasteiger partial charge in [-0.25, -0.2) is 9.96 Å². The van der Waals surface area contributed by atoms with E-state index in [0.717, 1.165) is 11.1 Å². The minimum atomic E-state index is -1.03. The Labute approximate surface area is 190 Å². The Bertz CT molecular complexity index is 1280. The van der Waals surface area contributed by atoms with E-state index in [0.29, 0.717) is 16.9 Å². The summed E-state index contributed by atoms with van der Waals surface area (Å²) in [5.41, 5.74) is 3.45. The second kappa shape index (κ2) is 7.83. The number of fused-ring (bicyclic) bond motifs is 1. The van der Waals surface area contributed by atoms with Crippen molar-refractivity contribution >= 4 is 28.9 Å². The molecule has 3 aromatic rings. The third kappa shape index (κ3) is 3.35. The van der Waals surface area contributed by atoms with E-state index in [9.17, 15) is 19.7 Å². The number of nitrogens with zero attached hydrogens (tertiary/aromatic N) is 3. The first kappa shape index (κ1) is 20.8. The molecule has 2 aliphatic heterocycles. The summed E-state index contributed by atoms with van der Waals surface area (Å²) in [7, 11) is 0. The molecule has 0 aliphatic carbocycles. The van der Waals surface area contributed by atoms with Crippen LogP contribution in [0.4, 0.5) is 17.1 Å². The molecular weight excluding hydrogens is 422 g/mol. The van der Waals surface area contributed by atoms with Gasteiger partial charge >= 0.3 is 0 Å². The Balaban J connectivity index is 1.61. The Hall–Kier alpha value is -4.04. The molecule has 0 spiro atoms. The molecule has 0 bridgehead atoms. The van der Waals surface area contributed by atoms with E-state index >= 15 is 0 Å². The molecule has 33 heavy (non-hydrogen) atoms. The van der Waals surface area contributed by atoms with Crippen molar-refractivity contribution in [2.24, 2.45) is 5.92 Å². The summed E-state index contributed by atoms with van der Waals surface area (Å²) in [6, 6.07) is 20.1. The van der Waals surface area contributed by atoms with Crippen molar-refractivity contribution in [2.45, 2.75) is 26.0 Å². The van der Waals surface area contributed by atoms with Gasteiger partial charge in [-0.2, -0.15) is 0 Å². The predicted octanol–water partition coefficient (Wildman–Crippen LogP) is 4.26. The smallest absolute Gasteiger partial charge is 0.269 e. The number of hydroxylamine groups is 1. The van der Waals surface area contributed by atoms with Crippen molar-refractivity contribution in [3.8, 4) is 0 Å². The highest BCUT2D eigenvalue weighted by Gasteiger charge is 2.60. The van der Waals surface area contributed by atoms with E-state index in [2.05, 4.69) is 0 Å². The van der Waals surface area contributed by atoms with Gasteiger partial charge in [0.05, 0.1) is 22.3 Å². The lowest BCUT2D eigenvalue weighted by Gasteiger charge is -2.29. The number of carbonyl (C=O) groups is 2. The number of benzene rings is 3. The summed E-state index contributed by atoms with van der Waals surface area (Å²) >= 11 is 0. The Kier molecular flexibility index (Phi) is 4.94. The number of hydrogen-bond acceptors (Lipinski definition) is 6. The van der Waals surface area contributed by atoms with Crippen molar-refractivity contribution in [2.75, 3.05) is 9.96 Å². The number of rotatable bonds is 4. The molecule has 2 saturated heterocycles. The minimum Gasteiger partial charge on any atom is -0.273 e. The average Bonchev–Trinajstić information content (AvgIpc) is 3.31. The third-order valence-corrected chi connectivity index (χ3v) is 6.14. The van der Waals surface area contributed by atoms with Gasteiger partial charge in [-0.15, -0.1) is 0 Å². The zero-order valence-corrected chi connectivity index (χ0v) is 18.0. The van der Waals surface area contributed by atoms with Gasteiger partial charge in [0.2, 0.25) is 5.91 Å². The number of para-hydroxylation sites is 1. The number of non-ortho nitro benzene ring substituents is 1. The van der Waals surface area contributed by atoms with Crippen LogP contribution in [0, 0.1) is 29.9 Å². The van der Waals surface area contributed by atoms with Crippen molar-refractivity contribution in [1.29, 1.82) is 0 Å². The van der Waals surface area contributed by atoms with Crippen LogP contribution in [0.5, 0.6) is 0 Å². The molecule has 2 aliphatic rings. The molecule has 0 saturated carbocycles. The highest BCUT2D eigenvalue weighted by Crippen LogP contribution is 2.48. The highest BCUT2D eigenvalue weighted by molar-refractivity contribution is 6.24. The molecule has 2 fully saturated rings. The lowest BCUT2D eigenvalue weighted by molar-refractivity contribution is -0.384. The normalized spacial score (nSPS) is 22.1. The van der Waals surface area contributed by atoms with Crippen LogP contribution in [-0.4, -0.2) is 22.8 Å². The highest BCUT2D eigenvalue weighted by atomic mass is 16.7. The van der Waals surface area contributed by atoms with E-state index in [4.69, 9.17) is 4.84 Å². The topological polar surface area (TPSA) is 93.0 Å². The summed E-state index contributed by atoms with van der Waals surface area (Å²) in [6.07, 6.45) is -1.03.